The van der Waals surface area contributed by atoms with Crippen molar-refractivity contribution >= 4 is 23.6 Å². The first-order chi connectivity index (χ1) is 16.0. The average Bonchev–Trinajstić information content (AvgIpc) is 3.45. The Labute approximate surface area is 191 Å². The molecule has 2 atom stereocenters. The molecule has 1 fully saturated rings. The Balaban J connectivity index is 1.56. The van der Waals surface area contributed by atoms with Crippen molar-refractivity contribution in [3.63, 3.8) is 0 Å². The van der Waals surface area contributed by atoms with E-state index in [2.05, 4.69) is 10.6 Å². The first kappa shape index (κ1) is 22.1. The van der Waals surface area contributed by atoms with Gasteiger partial charge in [-0.1, -0.05) is 36.4 Å². The second-order valence-corrected chi connectivity index (χ2v) is 7.75. The zero-order valence-electron chi connectivity index (χ0n) is 18.4. The van der Waals surface area contributed by atoms with E-state index in [4.69, 9.17) is 9.15 Å². The monoisotopic (exact) mass is 447 g/mol. The lowest BCUT2D eigenvalue weighted by Crippen LogP contribution is -2.46. The summed E-state index contributed by atoms with van der Waals surface area (Å²) < 4.78 is 10.8. The molecule has 4 rings (SSSR count). The molecule has 33 heavy (non-hydrogen) atoms. The molecule has 3 aromatic rings. The number of hydrogen-bond donors (Lipinski definition) is 2. The number of aryl methyl sites for hydroxylation is 1. The topological polar surface area (TPSA) is 101 Å². The minimum Gasteiger partial charge on any atom is -0.459 e. The summed E-state index contributed by atoms with van der Waals surface area (Å²) in [5.74, 6) is -0.450. The molecule has 170 valence electrons. The molecule has 1 saturated heterocycles. The molecule has 1 aliphatic rings. The number of nitrogens with one attached hydrogen (secondary N) is 2. The summed E-state index contributed by atoms with van der Waals surface area (Å²) >= 11 is 0. The second-order valence-electron chi connectivity index (χ2n) is 7.75. The van der Waals surface area contributed by atoms with Gasteiger partial charge in [-0.15, -0.1) is 0 Å². The Morgan fingerprint density at radius 1 is 1.03 bits per heavy atom. The molecule has 1 aliphatic heterocycles. The fourth-order valence-electron chi connectivity index (χ4n) is 3.82. The van der Waals surface area contributed by atoms with Gasteiger partial charge in [0, 0.05) is 12.2 Å². The molecule has 0 aliphatic carbocycles. The summed E-state index contributed by atoms with van der Waals surface area (Å²) in [6.07, 6.45) is 0.106. The van der Waals surface area contributed by atoms with Crippen molar-refractivity contribution in [2.75, 3.05) is 11.9 Å². The van der Waals surface area contributed by atoms with Crippen LogP contribution in [0.3, 0.4) is 0 Å². The van der Waals surface area contributed by atoms with Crippen molar-refractivity contribution in [1.29, 1.82) is 0 Å². The van der Waals surface area contributed by atoms with Crippen LogP contribution >= 0.6 is 0 Å². The highest BCUT2D eigenvalue weighted by Gasteiger charge is 2.46. The molecule has 0 saturated carbocycles. The number of amides is 3. The highest BCUT2D eigenvalue weighted by Crippen LogP contribution is 2.34. The number of anilines is 1. The van der Waals surface area contributed by atoms with Crippen LogP contribution in [0, 0.1) is 6.92 Å². The van der Waals surface area contributed by atoms with E-state index in [1.54, 1.807) is 36.4 Å². The number of carbonyl (C=O) groups excluding carboxylic acids is 3. The summed E-state index contributed by atoms with van der Waals surface area (Å²) in [5, 5.41) is 5.55. The molecule has 2 unspecified atom stereocenters. The number of ether oxygens (including phenoxy) is 1. The third-order valence-electron chi connectivity index (χ3n) is 5.55. The third-order valence-corrected chi connectivity index (χ3v) is 5.55. The van der Waals surface area contributed by atoms with Gasteiger partial charge in [0.05, 0.1) is 12.8 Å². The highest BCUT2D eigenvalue weighted by molar-refractivity contribution is 6.02. The van der Waals surface area contributed by atoms with E-state index in [0.29, 0.717) is 17.8 Å². The van der Waals surface area contributed by atoms with Gasteiger partial charge in [0.1, 0.15) is 0 Å². The molecule has 3 amide bonds. The van der Waals surface area contributed by atoms with Crippen molar-refractivity contribution in [2.24, 2.45) is 0 Å². The number of benzene rings is 2. The number of nitrogens with zero attached hydrogens (tertiary/aromatic N) is 1. The van der Waals surface area contributed by atoms with Crippen LogP contribution in [0.1, 0.15) is 40.3 Å². The maximum absolute atomic E-state index is 13.0. The van der Waals surface area contributed by atoms with Gasteiger partial charge in [-0.3, -0.25) is 14.5 Å². The number of rotatable bonds is 7. The Morgan fingerprint density at radius 3 is 2.45 bits per heavy atom. The number of cyclic esters (lactones) is 1. The Kier molecular flexibility index (Phi) is 6.44. The molecule has 2 heterocycles. The summed E-state index contributed by atoms with van der Waals surface area (Å²) in [6.45, 7) is 4.49. The smallest absolute Gasteiger partial charge is 0.411 e. The van der Waals surface area contributed by atoms with Gasteiger partial charge in [-0.2, -0.15) is 0 Å². The van der Waals surface area contributed by atoms with Crippen LogP contribution in [-0.4, -0.2) is 35.4 Å². The molecule has 8 heteroatoms. The van der Waals surface area contributed by atoms with E-state index < -0.39 is 18.2 Å². The first-order valence-electron chi connectivity index (χ1n) is 10.7. The van der Waals surface area contributed by atoms with E-state index in [0.717, 1.165) is 11.1 Å². The van der Waals surface area contributed by atoms with Gasteiger partial charge in [-0.05, 0) is 54.8 Å². The molecule has 2 N–H and O–H groups in total. The zero-order chi connectivity index (χ0) is 23.4. The predicted molar refractivity (Wildman–Crippen MR) is 122 cm³/mol. The lowest BCUT2D eigenvalue weighted by molar-refractivity contribution is -0.126. The number of likely N-dealkylation sites (N-methyl/N-ethyl adjacent to an activating group) is 1. The maximum atomic E-state index is 13.0. The Bertz CT molecular complexity index is 1140. The lowest BCUT2D eigenvalue weighted by atomic mass is 10.00. The molecule has 8 nitrogen and oxygen atoms in total. The lowest BCUT2D eigenvalue weighted by Gasteiger charge is -2.24. The summed E-state index contributed by atoms with van der Waals surface area (Å²) in [7, 11) is 0. The molecule has 0 spiro atoms. The second kappa shape index (κ2) is 9.60. The first-order valence-corrected chi connectivity index (χ1v) is 10.7. The SMILES string of the molecule is CCNC(=O)C1C(c2ccc(NC(=O)c3ccco3)cc2)OC(=O)N1Cc1ccccc1C. The van der Waals surface area contributed by atoms with Crippen molar-refractivity contribution in [3.8, 4) is 0 Å². The number of furan rings is 1. The largest absolute Gasteiger partial charge is 0.459 e. The quantitative estimate of drug-likeness (QED) is 0.569. The van der Waals surface area contributed by atoms with Gasteiger partial charge in [0.15, 0.2) is 17.9 Å². The van der Waals surface area contributed by atoms with Crippen LogP contribution in [-0.2, 0) is 16.1 Å². The van der Waals surface area contributed by atoms with E-state index in [-0.39, 0.29) is 24.1 Å². The van der Waals surface area contributed by atoms with Crippen LogP contribution in [0.5, 0.6) is 0 Å². The van der Waals surface area contributed by atoms with Crippen LogP contribution in [0.25, 0.3) is 0 Å². The van der Waals surface area contributed by atoms with Crippen LogP contribution in [0.2, 0.25) is 0 Å². The van der Waals surface area contributed by atoms with Crippen molar-refractivity contribution in [2.45, 2.75) is 32.5 Å². The van der Waals surface area contributed by atoms with E-state index in [1.165, 1.54) is 11.2 Å². The van der Waals surface area contributed by atoms with Crippen molar-refractivity contribution in [3.05, 3.63) is 89.4 Å². The summed E-state index contributed by atoms with van der Waals surface area (Å²) in [5.41, 5.74) is 3.18. The molecule has 0 bridgehead atoms. The average molecular weight is 447 g/mol. The Hall–Kier alpha value is -4.07. The summed E-state index contributed by atoms with van der Waals surface area (Å²) in [6, 6.07) is 17.0. The molecule has 1 aromatic heterocycles. The van der Waals surface area contributed by atoms with Gasteiger partial charge < -0.3 is 19.8 Å². The van der Waals surface area contributed by atoms with Crippen LogP contribution in [0.15, 0.2) is 71.3 Å². The molecular formula is C25H25N3O5. The van der Waals surface area contributed by atoms with E-state index in [1.807, 2.05) is 38.1 Å². The van der Waals surface area contributed by atoms with Gasteiger partial charge >= 0.3 is 6.09 Å². The summed E-state index contributed by atoms with van der Waals surface area (Å²) in [4.78, 5) is 39.4. The minimum absolute atomic E-state index is 0.201. The van der Waals surface area contributed by atoms with Crippen molar-refractivity contribution in [1.82, 2.24) is 10.2 Å². The van der Waals surface area contributed by atoms with Crippen molar-refractivity contribution < 1.29 is 23.5 Å². The maximum Gasteiger partial charge on any atom is 0.411 e. The molecule has 2 aromatic carbocycles. The van der Waals surface area contributed by atoms with Gasteiger partial charge in [0.25, 0.3) is 5.91 Å². The van der Waals surface area contributed by atoms with Crippen LogP contribution in [0.4, 0.5) is 10.5 Å². The molecular weight excluding hydrogens is 422 g/mol. The number of carbonyl (C=O) groups is 3. The highest BCUT2D eigenvalue weighted by atomic mass is 16.6. The minimum atomic E-state index is -0.819. The normalized spacial score (nSPS) is 17.5. The standard InChI is InChI=1S/C25H25N3O5/c1-3-26-24(30)21-22(33-25(31)28(21)15-18-8-5-4-7-16(18)2)17-10-12-19(13-11-17)27-23(29)20-9-6-14-32-20/h4-14,21-22H,3,15H2,1-2H3,(H,26,30)(H,27,29). The third kappa shape index (κ3) is 4.74. The fraction of sp³-hybridized carbons (Fsp3) is 0.240. The fourth-order valence-corrected chi connectivity index (χ4v) is 3.82. The van der Waals surface area contributed by atoms with E-state index >= 15 is 0 Å². The predicted octanol–water partition coefficient (Wildman–Crippen LogP) is 4.04. The van der Waals surface area contributed by atoms with Gasteiger partial charge in [0.2, 0.25) is 5.91 Å². The van der Waals surface area contributed by atoms with Crippen LogP contribution < -0.4 is 10.6 Å². The molecule has 0 radical (unpaired) electrons. The van der Waals surface area contributed by atoms with E-state index in [9.17, 15) is 14.4 Å². The Morgan fingerprint density at radius 2 is 1.79 bits per heavy atom. The number of hydrogen-bond acceptors (Lipinski definition) is 5. The zero-order valence-corrected chi connectivity index (χ0v) is 18.4. The van der Waals surface area contributed by atoms with Gasteiger partial charge in [-0.25, -0.2) is 4.79 Å².